The highest BCUT2D eigenvalue weighted by Gasteiger charge is 2.14. The molecule has 0 radical (unpaired) electrons. The van der Waals surface area contributed by atoms with Gasteiger partial charge in [-0.05, 0) is 38.7 Å². The molecular formula is C20H28N4S2. The average molecular weight is 389 g/mol. The van der Waals surface area contributed by atoms with E-state index in [1.165, 1.54) is 19.8 Å². The zero-order valence-electron chi connectivity index (χ0n) is 16.3. The van der Waals surface area contributed by atoms with E-state index in [9.17, 15) is 0 Å². The first-order chi connectivity index (χ1) is 12.4. The number of thiazole rings is 2. The van der Waals surface area contributed by atoms with Crippen LogP contribution in [0, 0.1) is 6.92 Å². The Labute approximate surface area is 164 Å². The van der Waals surface area contributed by atoms with E-state index in [4.69, 9.17) is 0 Å². The molecule has 0 fully saturated rings. The Hall–Kier alpha value is -1.53. The molecule has 3 aromatic heterocycles. The van der Waals surface area contributed by atoms with Crippen LogP contribution in [-0.4, -0.2) is 19.7 Å². The fourth-order valence-electron chi connectivity index (χ4n) is 2.88. The summed E-state index contributed by atoms with van der Waals surface area (Å²) in [5.74, 6) is 1.06. The molecule has 0 aliphatic heterocycles. The quantitative estimate of drug-likeness (QED) is 0.492. The van der Waals surface area contributed by atoms with Gasteiger partial charge >= 0.3 is 0 Å². The molecule has 0 aromatic carbocycles. The first kappa shape index (κ1) is 19.2. The highest BCUT2D eigenvalue weighted by atomic mass is 32.1. The van der Waals surface area contributed by atoms with Crippen molar-refractivity contribution in [1.82, 2.24) is 19.7 Å². The van der Waals surface area contributed by atoms with Crippen LogP contribution in [0.3, 0.4) is 0 Å². The normalized spacial score (nSPS) is 14.1. The van der Waals surface area contributed by atoms with Gasteiger partial charge in [0.15, 0.2) is 0 Å². The summed E-state index contributed by atoms with van der Waals surface area (Å²) in [6.45, 7) is 10.9. The fourth-order valence-corrected chi connectivity index (χ4v) is 4.94. The number of aryl methyl sites for hydroxylation is 2. The smallest absolute Gasteiger partial charge is 0.0953 e. The molecule has 0 spiro atoms. The van der Waals surface area contributed by atoms with Crippen molar-refractivity contribution >= 4 is 22.7 Å². The second-order valence-corrected chi connectivity index (χ2v) is 9.70. The fraction of sp³-hybridized carbons (Fsp3) is 0.550. The molecule has 2 atom stereocenters. The van der Waals surface area contributed by atoms with E-state index in [1.807, 2.05) is 34.3 Å². The highest BCUT2D eigenvalue weighted by molar-refractivity contribution is 7.12. The van der Waals surface area contributed by atoms with Gasteiger partial charge in [0.1, 0.15) is 0 Å². The Bertz CT molecular complexity index is 830. The van der Waals surface area contributed by atoms with Crippen LogP contribution >= 0.6 is 22.7 Å². The summed E-state index contributed by atoms with van der Waals surface area (Å²) in [5, 5.41) is 6.96. The summed E-state index contributed by atoms with van der Waals surface area (Å²) >= 11 is 3.71. The molecule has 0 aliphatic carbocycles. The Morgan fingerprint density at radius 3 is 2.54 bits per heavy atom. The van der Waals surface area contributed by atoms with Gasteiger partial charge in [-0.2, -0.15) is 5.10 Å². The van der Waals surface area contributed by atoms with E-state index in [0.29, 0.717) is 17.9 Å². The lowest BCUT2D eigenvalue weighted by molar-refractivity contribution is 0.485. The molecule has 26 heavy (non-hydrogen) atoms. The maximum Gasteiger partial charge on any atom is 0.0953 e. The Morgan fingerprint density at radius 1 is 1.08 bits per heavy atom. The van der Waals surface area contributed by atoms with Crippen LogP contribution < -0.4 is 0 Å². The van der Waals surface area contributed by atoms with Gasteiger partial charge in [0.05, 0.1) is 21.8 Å². The SMILES string of the molecule is Cc1ccn(C(C)Cc2ncc(C(C)CCc3cnc(C(C)C)s3)s2)n1. The van der Waals surface area contributed by atoms with Gasteiger partial charge < -0.3 is 0 Å². The summed E-state index contributed by atoms with van der Waals surface area (Å²) in [6, 6.07) is 2.39. The third-order valence-electron chi connectivity index (χ3n) is 4.61. The van der Waals surface area contributed by atoms with Crippen molar-refractivity contribution in [3.05, 3.63) is 50.1 Å². The van der Waals surface area contributed by atoms with Gasteiger partial charge in [0, 0.05) is 40.7 Å². The van der Waals surface area contributed by atoms with Crippen LogP contribution in [0.5, 0.6) is 0 Å². The van der Waals surface area contributed by atoms with Crippen molar-refractivity contribution in [3.63, 3.8) is 0 Å². The van der Waals surface area contributed by atoms with Crippen LogP contribution in [-0.2, 0) is 12.8 Å². The molecule has 4 nitrogen and oxygen atoms in total. The van der Waals surface area contributed by atoms with Gasteiger partial charge in [-0.3, -0.25) is 4.68 Å². The van der Waals surface area contributed by atoms with Crippen molar-refractivity contribution < 1.29 is 0 Å². The molecule has 0 N–H and O–H groups in total. The predicted molar refractivity (Wildman–Crippen MR) is 110 cm³/mol. The lowest BCUT2D eigenvalue weighted by Gasteiger charge is -2.10. The number of nitrogens with zero attached hydrogens (tertiary/aromatic N) is 4. The van der Waals surface area contributed by atoms with E-state index in [0.717, 1.165) is 25.0 Å². The number of rotatable bonds is 8. The molecule has 0 bridgehead atoms. The largest absolute Gasteiger partial charge is 0.269 e. The minimum Gasteiger partial charge on any atom is -0.269 e. The highest BCUT2D eigenvalue weighted by Crippen LogP contribution is 2.30. The lowest BCUT2D eigenvalue weighted by atomic mass is 10.0. The van der Waals surface area contributed by atoms with Gasteiger partial charge in [-0.25, -0.2) is 9.97 Å². The van der Waals surface area contributed by atoms with Crippen LogP contribution in [0.25, 0.3) is 0 Å². The maximum atomic E-state index is 4.66. The van der Waals surface area contributed by atoms with Gasteiger partial charge in [0.2, 0.25) is 0 Å². The molecular weight excluding hydrogens is 360 g/mol. The van der Waals surface area contributed by atoms with Crippen LogP contribution in [0.2, 0.25) is 0 Å². The van der Waals surface area contributed by atoms with Crippen molar-refractivity contribution in [1.29, 1.82) is 0 Å². The minimum absolute atomic E-state index is 0.338. The molecule has 3 aromatic rings. The molecule has 140 valence electrons. The molecule has 2 unspecified atom stereocenters. The Balaban J connectivity index is 1.54. The Kier molecular flexibility index (Phi) is 6.24. The van der Waals surface area contributed by atoms with E-state index in [2.05, 4.69) is 67.4 Å². The van der Waals surface area contributed by atoms with E-state index < -0.39 is 0 Å². The number of aromatic nitrogens is 4. The first-order valence-corrected chi connectivity index (χ1v) is 11.0. The first-order valence-electron chi connectivity index (χ1n) is 9.33. The summed E-state index contributed by atoms with van der Waals surface area (Å²) in [6.07, 6.45) is 9.36. The summed E-state index contributed by atoms with van der Waals surface area (Å²) in [5.41, 5.74) is 1.06. The van der Waals surface area contributed by atoms with Crippen LogP contribution in [0.4, 0.5) is 0 Å². The number of hydrogen-bond donors (Lipinski definition) is 0. The zero-order chi connectivity index (χ0) is 18.7. The van der Waals surface area contributed by atoms with Gasteiger partial charge in [-0.1, -0.05) is 20.8 Å². The summed E-state index contributed by atoms with van der Waals surface area (Å²) in [4.78, 5) is 12.0. The molecule has 3 heterocycles. The molecule has 0 saturated heterocycles. The average Bonchev–Trinajstić information content (AvgIpc) is 3.32. The molecule has 0 amide bonds. The predicted octanol–water partition coefficient (Wildman–Crippen LogP) is 5.77. The zero-order valence-corrected chi connectivity index (χ0v) is 17.9. The summed E-state index contributed by atoms with van der Waals surface area (Å²) in [7, 11) is 0. The topological polar surface area (TPSA) is 43.6 Å². The van der Waals surface area contributed by atoms with Crippen LogP contribution in [0.15, 0.2) is 24.7 Å². The van der Waals surface area contributed by atoms with Crippen LogP contribution in [0.1, 0.15) is 77.5 Å². The number of hydrogen-bond acceptors (Lipinski definition) is 5. The Morgan fingerprint density at radius 2 is 1.88 bits per heavy atom. The lowest BCUT2D eigenvalue weighted by Crippen LogP contribution is -2.08. The third kappa shape index (κ3) is 4.80. The van der Waals surface area contributed by atoms with Gasteiger partial charge in [-0.15, -0.1) is 22.7 Å². The second kappa shape index (κ2) is 8.44. The van der Waals surface area contributed by atoms with E-state index in [-0.39, 0.29) is 0 Å². The van der Waals surface area contributed by atoms with Crippen molar-refractivity contribution in [3.8, 4) is 0 Å². The molecule has 0 aliphatic rings. The monoisotopic (exact) mass is 388 g/mol. The van der Waals surface area contributed by atoms with Crippen molar-refractivity contribution in [2.24, 2.45) is 0 Å². The standard InChI is InChI=1S/C20H28N4S2/c1-13(2)20-22-11-17(25-20)7-6-14(3)18-12-21-19(26-18)10-16(5)24-9-8-15(4)23-24/h8-9,11-14,16H,6-7,10H2,1-5H3. The minimum atomic E-state index is 0.338. The van der Waals surface area contributed by atoms with E-state index >= 15 is 0 Å². The molecule has 0 saturated carbocycles. The van der Waals surface area contributed by atoms with Crippen molar-refractivity contribution in [2.45, 2.75) is 71.8 Å². The van der Waals surface area contributed by atoms with Gasteiger partial charge in [0.25, 0.3) is 0 Å². The second-order valence-electron chi connectivity index (χ2n) is 7.41. The van der Waals surface area contributed by atoms with Crippen molar-refractivity contribution in [2.75, 3.05) is 0 Å². The summed E-state index contributed by atoms with van der Waals surface area (Å²) < 4.78 is 2.04. The third-order valence-corrected chi connectivity index (χ3v) is 7.22. The molecule has 6 heteroatoms. The molecule has 3 rings (SSSR count). The van der Waals surface area contributed by atoms with E-state index in [1.54, 1.807) is 0 Å². The maximum absolute atomic E-state index is 4.66.